The third kappa shape index (κ3) is 3.22. The van der Waals surface area contributed by atoms with Crippen molar-refractivity contribution in [1.29, 1.82) is 5.26 Å². The second-order valence-corrected chi connectivity index (χ2v) is 9.96. The fourth-order valence-electron chi connectivity index (χ4n) is 7.57. The third-order valence-electron chi connectivity index (χ3n) is 8.37. The number of carbonyl (C=O) groups is 2. The lowest BCUT2D eigenvalue weighted by Gasteiger charge is -2.61. The largest absolute Gasteiger partial charge is 0.465 e. The Hall–Kier alpha value is -2.82. The highest BCUT2D eigenvalue weighted by molar-refractivity contribution is 5.83. The highest BCUT2D eigenvalue weighted by Gasteiger charge is 2.61. The molecule has 0 aromatic carbocycles. The highest BCUT2D eigenvalue weighted by Crippen LogP contribution is 2.64. The number of carboxylic acid groups (broad SMARTS) is 1. The van der Waals surface area contributed by atoms with Crippen molar-refractivity contribution in [2.45, 2.75) is 50.6 Å². The molecule has 1 aromatic heterocycles. The molecule has 31 heavy (non-hydrogen) atoms. The monoisotopic (exact) mass is 423 g/mol. The molecular weight excluding hydrogens is 394 g/mol. The molecule has 164 valence electrons. The van der Waals surface area contributed by atoms with Crippen molar-refractivity contribution in [3.05, 3.63) is 23.9 Å². The summed E-state index contributed by atoms with van der Waals surface area (Å²) in [5, 5.41) is 25.3. The van der Waals surface area contributed by atoms with Crippen molar-refractivity contribution in [3.63, 3.8) is 0 Å². The minimum Gasteiger partial charge on any atom is -0.465 e. The molecule has 3 N–H and O–H groups in total. The highest BCUT2D eigenvalue weighted by atomic mass is 16.4. The maximum atomic E-state index is 12.8. The van der Waals surface area contributed by atoms with Gasteiger partial charge in [0.15, 0.2) is 0 Å². The van der Waals surface area contributed by atoms with E-state index in [0.29, 0.717) is 35.7 Å². The number of hydrogen-bond acceptors (Lipinski definition) is 5. The number of anilines is 1. The van der Waals surface area contributed by atoms with Crippen molar-refractivity contribution in [1.82, 2.24) is 15.2 Å². The van der Waals surface area contributed by atoms with Gasteiger partial charge < -0.3 is 20.6 Å². The first-order valence-corrected chi connectivity index (χ1v) is 11.3. The minimum atomic E-state index is -0.864. The molecule has 8 heteroatoms. The van der Waals surface area contributed by atoms with Gasteiger partial charge in [0.2, 0.25) is 5.91 Å². The van der Waals surface area contributed by atoms with Gasteiger partial charge in [0, 0.05) is 25.2 Å². The van der Waals surface area contributed by atoms with E-state index in [1.165, 1.54) is 6.20 Å². The van der Waals surface area contributed by atoms with E-state index in [2.05, 4.69) is 21.7 Å². The van der Waals surface area contributed by atoms with Gasteiger partial charge in [0.25, 0.3) is 0 Å². The van der Waals surface area contributed by atoms with Gasteiger partial charge in [0.05, 0.1) is 17.6 Å². The molecule has 1 aromatic rings. The van der Waals surface area contributed by atoms with Crippen LogP contribution < -0.4 is 10.6 Å². The second kappa shape index (κ2) is 7.40. The van der Waals surface area contributed by atoms with E-state index >= 15 is 0 Å². The molecule has 1 aliphatic heterocycles. The van der Waals surface area contributed by atoms with Gasteiger partial charge in [-0.25, -0.2) is 9.78 Å². The molecule has 2 heterocycles. The van der Waals surface area contributed by atoms with E-state index in [4.69, 9.17) is 5.26 Å². The lowest BCUT2D eigenvalue weighted by Crippen LogP contribution is -2.61. The maximum absolute atomic E-state index is 12.8. The molecule has 3 unspecified atom stereocenters. The van der Waals surface area contributed by atoms with Crippen LogP contribution in [0.3, 0.4) is 0 Å². The molecule has 4 atom stereocenters. The zero-order chi connectivity index (χ0) is 21.8. The molecule has 0 spiro atoms. The van der Waals surface area contributed by atoms with Gasteiger partial charge >= 0.3 is 6.09 Å². The lowest BCUT2D eigenvalue weighted by molar-refractivity contribution is -0.156. The first-order chi connectivity index (χ1) is 14.9. The SMILES string of the molecule is CNC(=O)C12CC3CC(C1)C([C@@H]1C(Nc4ccc(C#N)cn4)CCN1C(=O)O)C(C3)C2. The van der Waals surface area contributed by atoms with Crippen molar-refractivity contribution < 1.29 is 14.7 Å². The van der Waals surface area contributed by atoms with E-state index in [1.807, 2.05) is 0 Å². The van der Waals surface area contributed by atoms with Crippen molar-refractivity contribution in [2.75, 3.05) is 18.9 Å². The Kier molecular flexibility index (Phi) is 4.80. The molecule has 5 fully saturated rings. The van der Waals surface area contributed by atoms with Gasteiger partial charge in [-0.3, -0.25) is 4.79 Å². The average molecular weight is 424 g/mol. The first-order valence-electron chi connectivity index (χ1n) is 11.3. The van der Waals surface area contributed by atoms with Crippen LogP contribution in [0.5, 0.6) is 0 Å². The van der Waals surface area contributed by atoms with Crippen LogP contribution in [0, 0.1) is 40.4 Å². The zero-order valence-electron chi connectivity index (χ0n) is 17.8. The fraction of sp³-hybridized carbons (Fsp3) is 0.652. The molecule has 8 nitrogen and oxygen atoms in total. The van der Waals surface area contributed by atoms with Gasteiger partial charge in [-0.1, -0.05) is 0 Å². The van der Waals surface area contributed by atoms with Gasteiger partial charge in [-0.05, 0) is 74.3 Å². The topological polar surface area (TPSA) is 118 Å². The predicted octanol–water partition coefficient (Wildman–Crippen LogP) is 2.67. The van der Waals surface area contributed by atoms with Crippen LogP contribution in [0.15, 0.2) is 18.3 Å². The second-order valence-electron chi connectivity index (χ2n) is 9.96. The summed E-state index contributed by atoms with van der Waals surface area (Å²) in [6.45, 7) is 0.508. The predicted molar refractivity (Wildman–Crippen MR) is 113 cm³/mol. The Bertz CT molecular complexity index is 910. The number of nitriles is 1. The van der Waals surface area contributed by atoms with Crippen LogP contribution >= 0.6 is 0 Å². The Morgan fingerprint density at radius 3 is 2.58 bits per heavy atom. The van der Waals surface area contributed by atoms with Gasteiger partial charge in [-0.15, -0.1) is 0 Å². The molecule has 6 rings (SSSR count). The molecule has 1 saturated heterocycles. The normalized spacial score (nSPS) is 38.0. The third-order valence-corrected chi connectivity index (χ3v) is 8.37. The summed E-state index contributed by atoms with van der Waals surface area (Å²) in [4.78, 5) is 30.9. The van der Waals surface area contributed by atoms with E-state index in [1.54, 1.807) is 24.1 Å². The smallest absolute Gasteiger partial charge is 0.407 e. The van der Waals surface area contributed by atoms with E-state index in [9.17, 15) is 14.7 Å². The number of amides is 2. The number of carbonyl (C=O) groups excluding carboxylic acids is 1. The van der Waals surface area contributed by atoms with Crippen LogP contribution in [-0.4, -0.2) is 52.7 Å². The summed E-state index contributed by atoms with van der Waals surface area (Å²) in [5.74, 6) is 2.45. The number of hydrogen-bond donors (Lipinski definition) is 3. The van der Waals surface area contributed by atoms with Crippen molar-refractivity contribution in [2.24, 2.45) is 29.1 Å². The van der Waals surface area contributed by atoms with E-state index < -0.39 is 6.09 Å². The standard InChI is InChI=1S/C23H29N5O3/c1-25-21(29)23-8-14-6-15(9-23)19(16(7-14)10-23)20-17(4-5-28(20)22(30)31)27-18-3-2-13(11-24)12-26-18/h2-3,12,14-17,19-20H,4-10H2,1H3,(H,25,29)(H,26,27)(H,30,31)/t14?,15?,16?,17?,19?,20-,23?/m0/s1. The fourth-order valence-corrected chi connectivity index (χ4v) is 7.57. The Morgan fingerprint density at radius 2 is 2.00 bits per heavy atom. The summed E-state index contributed by atoms with van der Waals surface area (Å²) >= 11 is 0. The summed E-state index contributed by atoms with van der Waals surface area (Å²) in [6, 6.07) is 5.45. The number of aromatic nitrogens is 1. The number of nitrogens with one attached hydrogen (secondary N) is 2. The van der Waals surface area contributed by atoms with Crippen LogP contribution in [0.2, 0.25) is 0 Å². The summed E-state index contributed by atoms with van der Waals surface area (Å²) in [6.07, 6.45) is 6.34. The number of rotatable bonds is 4. The maximum Gasteiger partial charge on any atom is 0.407 e. The van der Waals surface area contributed by atoms with E-state index in [-0.39, 0.29) is 29.3 Å². The summed E-state index contributed by atoms with van der Waals surface area (Å²) in [5.41, 5.74) is 0.243. The van der Waals surface area contributed by atoms with Crippen LogP contribution in [0.4, 0.5) is 10.6 Å². The molecule has 4 aliphatic carbocycles. The summed E-state index contributed by atoms with van der Waals surface area (Å²) in [7, 11) is 1.73. The average Bonchev–Trinajstić information content (AvgIpc) is 3.16. The summed E-state index contributed by atoms with van der Waals surface area (Å²) < 4.78 is 0. The van der Waals surface area contributed by atoms with Crippen LogP contribution in [0.25, 0.3) is 0 Å². The van der Waals surface area contributed by atoms with Gasteiger partial charge in [0.1, 0.15) is 11.9 Å². The lowest BCUT2D eigenvalue weighted by atomic mass is 9.44. The quantitative estimate of drug-likeness (QED) is 0.685. The molecule has 4 saturated carbocycles. The van der Waals surface area contributed by atoms with Gasteiger partial charge in [-0.2, -0.15) is 5.26 Å². The Balaban J connectivity index is 1.42. The van der Waals surface area contributed by atoms with Crippen LogP contribution in [0.1, 0.15) is 44.1 Å². The number of nitrogens with zero attached hydrogens (tertiary/aromatic N) is 3. The van der Waals surface area contributed by atoms with Crippen molar-refractivity contribution in [3.8, 4) is 6.07 Å². The van der Waals surface area contributed by atoms with Crippen LogP contribution in [-0.2, 0) is 4.79 Å². The first kappa shape index (κ1) is 20.1. The molecule has 5 aliphatic rings. The number of likely N-dealkylation sites (tertiary alicyclic amines) is 1. The molecule has 0 radical (unpaired) electrons. The Morgan fingerprint density at radius 1 is 1.26 bits per heavy atom. The van der Waals surface area contributed by atoms with E-state index in [0.717, 1.165) is 38.5 Å². The number of pyridine rings is 1. The Labute approximate surface area is 182 Å². The minimum absolute atomic E-state index is 0.0185. The zero-order valence-corrected chi connectivity index (χ0v) is 17.8. The molecule has 4 bridgehead atoms. The molecular formula is C23H29N5O3. The molecule has 2 amide bonds. The van der Waals surface area contributed by atoms with Crippen molar-refractivity contribution >= 4 is 17.8 Å².